The fourth-order valence-electron chi connectivity index (χ4n) is 0.901. The van der Waals surface area contributed by atoms with Crippen LogP contribution in [0.5, 0.6) is 5.88 Å². The second-order valence-electron chi connectivity index (χ2n) is 2.62. The highest BCUT2D eigenvalue weighted by atomic mass is 19.3. The molecule has 0 aromatic carbocycles. The van der Waals surface area contributed by atoms with Crippen molar-refractivity contribution >= 4 is 11.5 Å². The first-order chi connectivity index (χ1) is 7.54. The maximum atomic E-state index is 11.9. The molecular weight excluding hydrogens is 226 g/mol. The van der Waals surface area contributed by atoms with Crippen LogP contribution in [0.4, 0.5) is 20.3 Å². The number of hydrogen-bond acceptors (Lipinski definition) is 6. The minimum Gasteiger partial charge on any atom is -0.467 e. The Bertz CT molecular complexity index is 388. The van der Waals surface area contributed by atoms with Crippen molar-refractivity contribution in [3.63, 3.8) is 0 Å². The van der Waals surface area contributed by atoms with Gasteiger partial charge in [0.1, 0.15) is 5.82 Å². The maximum absolute atomic E-state index is 11.9. The number of nitro groups is 1. The Kier molecular flexibility index (Phi) is 3.89. The van der Waals surface area contributed by atoms with E-state index in [0.29, 0.717) is 0 Å². The molecule has 1 aromatic heterocycles. The minimum absolute atomic E-state index is 0.0786. The summed E-state index contributed by atoms with van der Waals surface area (Å²) in [5.41, 5.74) is 1.62. The maximum Gasteiger partial charge on any atom is 0.331 e. The molecule has 0 bridgehead atoms. The summed E-state index contributed by atoms with van der Waals surface area (Å²) in [4.78, 5) is 13.3. The van der Waals surface area contributed by atoms with Crippen LogP contribution in [0, 0.1) is 10.1 Å². The van der Waals surface area contributed by atoms with E-state index in [1.165, 1.54) is 6.07 Å². The Morgan fingerprint density at radius 3 is 2.81 bits per heavy atom. The summed E-state index contributed by atoms with van der Waals surface area (Å²) in [6.07, 6.45) is -2.74. The molecule has 1 rings (SSSR count). The lowest BCUT2D eigenvalue weighted by atomic mass is 10.4. The summed E-state index contributed by atoms with van der Waals surface area (Å²) in [6, 6.07) is 2.29. The number of rotatable bonds is 5. The van der Waals surface area contributed by atoms with Crippen molar-refractivity contribution < 1.29 is 18.4 Å². The molecule has 0 spiro atoms. The largest absolute Gasteiger partial charge is 0.467 e. The second-order valence-corrected chi connectivity index (χ2v) is 2.62. The number of halogens is 2. The van der Waals surface area contributed by atoms with Gasteiger partial charge in [-0.15, -0.1) is 0 Å². The molecule has 88 valence electrons. The van der Waals surface area contributed by atoms with Crippen molar-refractivity contribution in [2.75, 3.05) is 12.0 Å². The number of ether oxygens (including phenoxy) is 1. The van der Waals surface area contributed by atoms with Gasteiger partial charge in [-0.3, -0.25) is 10.1 Å². The van der Waals surface area contributed by atoms with E-state index in [1.807, 2.05) is 0 Å². The Morgan fingerprint density at radius 1 is 1.62 bits per heavy atom. The van der Waals surface area contributed by atoms with Crippen molar-refractivity contribution in [2.45, 2.75) is 6.43 Å². The van der Waals surface area contributed by atoms with E-state index in [4.69, 9.17) is 5.84 Å². The molecule has 7 nitrogen and oxygen atoms in total. The van der Waals surface area contributed by atoms with Gasteiger partial charge in [0.2, 0.25) is 0 Å². The topological polar surface area (TPSA) is 103 Å². The number of hydrogen-bond donors (Lipinski definition) is 2. The zero-order valence-electron chi connectivity index (χ0n) is 7.89. The first-order valence-corrected chi connectivity index (χ1v) is 4.07. The van der Waals surface area contributed by atoms with E-state index in [9.17, 15) is 18.9 Å². The highest BCUT2D eigenvalue weighted by Gasteiger charge is 2.18. The average molecular weight is 234 g/mol. The number of hydrazine groups is 1. The number of pyridine rings is 1. The van der Waals surface area contributed by atoms with Crippen molar-refractivity contribution in [3.8, 4) is 5.88 Å². The lowest BCUT2D eigenvalue weighted by molar-refractivity contribution is -0.386. The third-order valence-corrected chi connectivity index (χ3v) is 1.53. The minimum atomic E-state index is -2.74. The molecule has 0 radical (unpaired) electrons. The van der Waals surface area contributed by atoms with E-state index in [1.54, 1.807) is 0 Å². The summed E-state index contributed by atoms with van der Waals surface area (Å²) in [5.74, 6) is 4.59. The van der Waals surface area contributed by atoms with Gasteiger partial charge in [-0.25, -0.2) is 14.6 Å². The number of nitrogens with zero attached hydrogens (tertiary/aromatic N) is 2. The number of nitrogens with two attached hydrogens (primary N) is 1. The van der Waals surface area contributed by atoms with Gasteiger partial charge in [-0.05, 0) is 6.07 Å². The molecule has 0 atom stereocenters. The smallest absolute Gasteiger partial charge is 0.331 e. The highest BCUT2D eigenvalue weighted by Crippen LogP contribution is 2.26. The van der Waals surface area contributed by atoms with Crippen molar-refractivity contribution in [1.82, 2.24) is 4.98 Å². The molecule has 0 amide bonds. The molecule has 0 fully saturated rings. The normalized spacial score (nSPS) is 10.2. The summed E-state index contributed by atoms with van der Waals surface area (Å²) in [7, 11) is 0. The molecule has 0 saturated heterocycles. The fourth-order valence-corrected chi connectivity index (χ4v) is 0.901. The monoisotopic (exact) mass is 234 g/mol. The van der Waals surface area contributed by atoms with Gasteiger partial charge in [0, 0.05) is 6.07 Å². The molecule has 1 heterocycles. The zero-order valence-corrected chi connectivity index (χ0v) is 7.89. The van der Waals surface area contributed by atoms with E-state index in [2.05, 4.69) is 15.1 Å². The average Bonchev–Trinajstić information content (AvgIpc) is 2.25. The zero-order chi connectivity index (χ0) is 12.1. The molecule has 3 N–H and O–H groups in total. The fraction of sp³-hybridized carbons (Fsp3) is 0.286. The van der Waals surface area contributed by atoms with Crippen LogP contribution in [-0.4, -0.2) is 22.9 Å². The van der Waals surface area contributed by atoms with Crippen molar-refractivity contribution in [3.05, 3.63) is 22.2 Å². The SMILES string of the molecule is NNc1ccc([N+](=O)[O-])c(OCC(F)F)n1. The lowest BCUT2D eigenvalue weighted by Crippen LogP contribution is -2.12. The van der Waals surface area contributed by atoms with Gasteiger partial charge in [-0.2, -0.15) is 4.98 Å². The number of alkyl halides is 2. The second kappa shape index (κ2) is 5.16. The van der Waals surface area contributed by atoms with Gasteiger partial charge >= 0.3 is 5.69 Å². The standard InChI is InChI=1S/C7H8F2N4O3/c8-5(9)3-16-7-4(13(14)15)1-2-6(11-7)12-10/h1-2,5H,3,10H2,(H,11,12). The molecular formula is C7H8F2N4O3. The first kappa shape index (κ1) is 12.0. The molecule has 16 heavy (non-hydrogen) atoms. The Labute approximate surface area is 88.3 Å². The van der Waals surface area contributed by atoms with Gasteiger partial charge < -0.3 is 10.2 Å². The molecule has 0 unspecified atom stereocenters. The Morgan fingerprint density at radius 2 is 2.31 bits per heavy atom. The highest BCUT2D eigenvalue weighted by molar-refractivity contribution is 5.48. The molecule has 1 aromatic rings. The third-order valence-electron chi connectivity index (χ3n) is 1.53. The predicted molar refractivity (Wildman–Crippen MR) is 50.2 cm³/mol. The van der Waals surface area contributed by atoms with Crippen LogP contribution < -0.4 is 16.0 Å². The Hall–Kier alpha value is -2.03. The number of anilines is 1. The van der Waals surface area contributed by atoms with Crippen LogP contribution >= 0.6 is 0 Å². The van der Waals surface area contributed by atoms with E-state index in [-0.39, 0.29) is 5.82 Å². The molecule has 0 aliphatic carbocycles. The van der Waals surface area contributed by atoms with Gasteiger partial charge in [0.05, 0.1) is 4.92 Å². The van der Waals surface area contributed by atoms with E-state index in [0.717, 1.165) is 6.07 Å². The van der Waals surface area contributed by atoms with Gasteiger partial charge in [0.15, 0.2) is 6.61 Å². The number of aromatic nitrogens is 1. The van der Waals surface area contributed by atoms with E-state index >= 15 is 0 Å². The lowest BCUT2D eigenvalue weighted by Gasteiger charge is -2.06. The molecule has 0 saturated carbocycles. The van der Waals surface area contributed by atoms with Crippen LogP contribution in [0.1, 0.15) is 0 Å². The summed E-state index contributed by atoms with van der Waals surface area (Å²) in [5, 5.41) is 10.5. The molecule has 0 aliphatic rings. The number of nitrogen functional groups attached to an aromatic ring is 1. The van der Waals surface area contributed by atoms with Crippen LogP contribution in [-0.2, 0) is 0 Å². The summed E-state index contributed by atoms with van der Waals surface area (Å²) < 4.78 is 28.2. The molecule has 9 heteroatoms. The summed E-state index contributed by atoms with van der Waals surface area (Å²) in [6.45, 7) is -0.970. The van der Waals surface area contributed by atoms with E-state index < -0.39 is 29.5 Å². The summed E-state index contributed by atoms with van der Waals surface area (Å²) >= 11 is 0. The number of nitrogens with one attached hydrogen (secondary N) is 1. The van der Waals surface area contributed by atoms with Crippen molar-refractivity contribution in [2.24, 2.45) is 5.84 Å². The van der Waals surface area contributed by atoms with Crippen LogP contribution in [0.3, 0.4) is 0 Å². The van der Waals surface area contributed by atoms with Crippen LogP contribution in [0.15, 0.2) is 12.1 Å². The van der Waals surface area contributed by atoms with Crippen molar-refractivity contribution in [1.29, 1.82) is 0 Å². The van der Waals surface area contributed by atoms with Crippen LogP contribution in [0.2, 0.25) is 0 Å². The quantitative estimate of drug-likeness (QED) is 0.446. The first-order valence-electron chi connectivity index (χ1n) is 4.07. The predicted octanol–water partition coefficient (Wildman–Crippen LogP) is 0.919. The van der Waals surface area contributed by atoms with Gasteiger partial charge in [-0.1, -0.05) is 0 Å². The Balaban J connectivity index is 2.96. The van der Waals surface area contributed by atoms with Crippen LogP contribution in [0.25, 0.3) is 0 Å². The third kappa shape index (κ3) is 2.98. The van der Waals surface area contributed by atoms with Gasteiger partial charge in [0.25, 0.3) is 12.3 Å². The molecule has 0 aliphatic heterocycles.